The summed E-state index contributed by atoms with van der Waals surface area (Å²) in [5.74, 6) is 0.782. The van der Waals surface area contributed by atoms with E-state index >= 15 is 0 Å². The molecule has 2 N–H and O–H groups in total. The molecule has 0 aromatic rings. The Morgan fingerprint density at radius 2 is 2.00 bits per heavy atom. The zero-order chi connectivity index (χ0) is 13.4. The molecule has 4 nitrogen and oxygen atoms in total. The number of hydrogen-bond donors (Lipinski definition) is 2. The van der Waals surface area contributed by atoms with E-state index in [-0.39, 0.29) is 11.9 Å². The third kappa shape index (κ3) is 7.11. The van der Waals surface area contributed by atoms with Crippen molar-refractivity contribution < 1.29 is 9.00 Å². The molecule has 1 amide bonds. The van der Waals surface area contributed by atoms with Crippen LogP contribution in [-0.2, 0) is 15.6 Å². The molecule has 5 heteroatoms. The van der Waals surface area contributed by atoms with Crippen molar-refractivity contribution in [3.05, 3.63) is 0 Å². The standard InChI is InChI=1S/C13H26N2O2S/c1-11(8-9-18(2)17)14-10-13(16)15-12-6-4-3-5-7-12/h11-12,14H,3-10H2,1-2H3,(H,15,16). The molecule has 18 heavy (non-hydrogen) atoms. The summed E-state index contributed by atoms with van der Waals surface area (Å²) >= 11 is 0. The molecular formula is C13H26N2O2S. The van der Waals surface area contributed by atoms with Gasteiger partial charge >= 0.3 is 0 Å². The molecule has 0 bridgehead atoms. The Morgan fingerprint density at radius 3 is 2.61 bits per heavy atom. The third-order valence-electron chi connectivity index (χ3n) is 3.42. The van der Waals surface area contributed by atoms with E-state index in [1.165, 1.54) is 19.3 Å². The molecule has 106 valence electrons. The number of rotatable bonds is 7. The molecule has 0 aliphatic heterocycles. The minimum Gasteiger partial charge on any atom is -0.352 e. The molecule has 1 fully saturated rings. The van der Waals surface area contributed by atoms with Crippen LogP contribution in [0.1, 0.15) is 45.4 Å². The van der Waals surface area contributed by atoms with Crippen LogP contribution < -0.4 is 10.6 Å². The smallest absolute Gasteiger partial charge is 0.234 e. The fourth-order valence-electron chi connectivity index (χ4n) is 2.24. The summed E-state index contributed by atoms with van der Waals surface area (Å²) in [7, 11) is -0.747. The van der Waals surface area contributed by atoms with Gasteiger partial charge in [0.1, 0.15) is 0 Å². The highest BCUT2D eigenvalue weighted by Crippen LogP contribution is 2.17. The highest BCUT2D eigenvalue weighted by molar-refractivity contribution is 7.84. The maximum absolute atomic E-state index is 11.7. The van der Waals surface area contributed by atoms with Gasteiger partial charge in [-0.15, -0.1) is 0 Å². The molecule has 2 unspecified atom stereocenters. The lowest BCUT2D eigenvalue weighted by Gasteiger charge is -2.23. The quantitative estimate of drug-likeness (QED) is 0.733. The molecule has 1 aliphatic rings. The van der Waals surface area contributed by atoms with Gasteiger partial charge in [0.15, 0.2) is 0 Å². The van der Waals surface area contributed by atoms with Crippen molar-refractivity contribution >= 4 is 16.7 Å². The molecule has 0 radical (unpaired) electrons. The van der Waals surface area contributed by atoms with Crippen molar-refractivity contribution in [1.29, 1.82) is 0 Å². The van der Waals surface area contributed by atoms with Gasteiger partial charge in [0.25, 0.3) is 0 Å². The lowest BCUT2D eigenvalue weighted by Crippen LogP contribution is -2.43. The largest absolute Gasteiger partial charge is 0.352 e. The van der Waals surface area contributed by atoms with E-state index in [1.807, 2.05) is 6.92 Å². The number of nitrogens with one attached hydrogen (secondary N) is 2. The first-order valence-electron chi connectivity index (χ1n) is 6.90. The van der Waals surface area contributed by atoms with Gasteiger partial charge in [-0.2, -0.15) is 0 Å². The van der Waals surface area contributed by atoms with E-state index in [4.69, 9.17) is 0 Å². The SMILES string of the molecule is CC(CCS(C)=O)NCC(=O)NC1CCCCC1. The summed E-state index contributed by atoms with van der Waals surface area (Å²) < 4.78 is 11.0. The minimum absolute atomic E-state index is 0.0892. The normalized spacial score (nSPS) is 20.3. The van der Waals surface area contributed by atoms with Gasteiger partial charge in [0.05, 0.1) is 6.54 Å². The Kier molecular flexibility index (Phi) is 7.51. The molecule has 1 aliphatic carbocycles. The van der Waals surface area contributed by atoms with Gasteiger partial charge in [-0.3, -0.25) is 9.00 Å². The first-order chi connectivity index (χ1) is 8.58. The Morgan fingerprint density at radius 1 is 1.33 bits per heavy atom. The van der Waals surface area contributed by atoms with Crippen LogP contribution in [0.3, 0.4) is 0 Å². The lowest BCUT2D eigenvalue weighted by molar-refractivity contribution is -0.121. The molecule has 1 saturated carbocycles. The van der Waals surface area contributed by atoms with E-state index in [0.717, 1.165) is 19.3 Å². The van der Waals surface area contributed by atoms with Crippen molar-refractivity contribution in [2.75, 3.05) is 18.6 Å². The molecule has 0 spiro atoms. The van der Waals surface area contributed by atoms with Gasteiger partial charge in [0.2, 0.25) is 5.91 Å². The topological polar surface area (TPSA) is 58.2 Å². The summed E-state index contributed by atoms with van der Waals surface area (Å²) in [6.45, 7) is 2.40. The molecule has 2 atom stereocenters. The van der Waals surface area contributed by atoms with E-state index in [9.17, 15) is 9.00 Å². The molecule has 1 rings (SSSR count). The van der Waals surface area contributed by atoms with Crippen LogP contribution in [0.4, 0.5) is 0 Å². The molecule has 0 aromatic heterocycles. The van der Waals surface area contributed by atoms with E-state index in [1.54, 1.807) is 6.26 Å². The Bertz CT molecular complexity index is 278. The Hall–Kier alpha value is -0.420. The Labute approximate surface area is 113 Å². The maximum Gasteiger partial charge on any atom is 0.234 e. The minimum atomic E-state index is -0.747. The number of amides is 1. The monoisotopic (exact) mass is 274 g/mol. The second kappa shape index (κ2) is 8.64. The third-order valence-corrected chi connectivity index (χ3v) is 4.23. The predicted molar refractivity (Wildman–Crippen MR) is 76.0 cm³/mol. The summed E-state index contributed by atoms with van der Waals surface area (Å²) in [5.41, 5.74) is 0. The van der Waals surface area contributed by atoms with E-state index < -0.39 is 10.8 Å². The van der Waals surface area contributed by atoms with Crippen LogP contribution >= 0.6 is 0 Å². The average Bonchev–Trinajstić information content (AvgIpc) is 2.35. The highest BCUT2D eigenvalue weighted by Gasteiger charge is 2.15. The predicted octanol–water partition coefficient (Wildman–Crippen LogP) is 1.18. The van der Waals surface area contributed by atoms with E-state index in [2.05, 4.69) is 10.6 Å². The van der Waals surface area contributed by atoms with Crippen LogP contribution in [0.5, 0.6) is 0 Å². The van der Waals surface area contributed by atoms with Crippen molar-refractivity contribution in [2.24, 2.45) is 0 Å². The average molecular weight is 274 g/mol. The van der Waals surface area contributed by atoms with Gasteiger partial charge in [-0.1, -0.05) is 19.3 Å². The van der Waals surface area contributed by atoms with Crippen molar-refractivity contribution in [3.63, 3.8) is 0 Å². The maximum atomic E-state index is 11.7. The highest BCUT2D eigenvalue weighted by atomic mass is 32.2. The zero-order valence-electron chi connectivity index (χ0n) is 11.5. The van der Waals surface area contributed by atoms with Crippen LogP contribution in [0, 0.1) is 0 Å². The summed E-state index contributed by atoms with van der Waals surface area (Å²) in [4.78, 5) is 11.7. The fraction of sp³-hybridized carbons (Fsp3) is 0.923. The molecule has 0 aromatic carbocycles. The first kappa shape index (κ1) is 15.6. The van der Waals surface area contributed by atoms with Gasteiger partial charge in [-0.25, -0.2) is 0 Å². The van der Waals surface area contributed by atoms with Crippen molar-refractivity contribution in [1.82, 2.24) is 10.6 Å². The number of carbonyl (C=O) groups is 1. The second-order valence-electron chi connectivity index (χ2n) is 5.25. The van der Waals surface area contributed by atoms with Crippen LogP contribution in [0.2, 0.25) is 0 Å². The van der Waals surface area contributed by atoms with Gasteiger partial charge < -0.3 is 10.6 Å². The van der Waals surface area contributed by atoms with Crippen molar-refractivity contribution in [2.45, 2.75) is 57.5 Å². The second-order valence-corrected chi connectivity index (χ2v) is 6.81. The van der Waals surface area contributed by atoms with E-state index in [0.29, 0.717) is 18.3 Å². The summed E-state index contributed by atoms with van der Waals surface area (Å²) in [5, 5.41) is 6.26. The van der Waals surface area contributed by atoms with Crippen molar-refractivity contribution in [3.8, 4) is 0 Å². The lowest BCUT2D eigenvalue weighted by atomic mass is 9.95. The number of hydrogen-bond acceptors (Lipinski definition) is 3. The van der Waals surface area contributed by atoms with Crippen LogP contribution in [0.15, 0.2) is 0 Å². The zero-order valence-corrected chi connectivity index (χ0v) is 12.4. The molecular weight excluding hydrogens is 248 g/mol. The fourth-order valence-corrected chi connectivity index (χ4v) is 2.92. The Balaban J connectivity index is 2.10. The number of carbonyl (C=O) groups excluding carboxylic acids is 1. The van der Waals surface area contributed by atoms with Gasteiger partial charge in [-0.05, 0) is 26.2 Å². The van der Waals surface area contributed by atoms with Crippen LogP contribution in [-0.4, -0.2) is 40.8 Å². The van der Waals surface area contributed by atoms with Crippen LogP contribution in [0.25, 0.3) is 0 Å². The molecule has 0 saturated heterocycles. The van der Waals surface area contributed by atoms with Gasteiger partial charge in [0, 0.05) is 34.9 Å². The first-order valence-corrected chi connectivity index (χ1v) is 8.63. The summed E-state index contributed by atoms with van der Waals surface area (Å²) in [6, 6.07) is 0.623. The summed E-state index contributed by atoms with van der Waals surface area (Å²) in [6.07, 6.45) is 8.57. The molecule has 0 heterocycles.